The Kier molecular flexibility index (Phi) is 11.6. The van der Waals surface area contributed by atoms with Crippen LogP contribution in [0.5, 0.6) is 0 Å². The molecule has 12 nitrogen and oxygen atoms in total. The Hall–Kier alpha value is -7.08. The largest absolute Gasteiger partial charge is 0.352 e. The highest BCUT2D eigenvalue weighted by Crippen LogP contribution is 2.44. The molecule has 6 fully saturated rings. The monoisotopic (exact) mass is 908 g/mol. The van der Waals surface area contributed by atoms with Crippen molar-refractivity contribution in [3.05, 3.63) is 179 Å². The summed E-state index contributed by atoms with van der Waals surface area (Å²) in [4.78, 5) is 87.5. The lowest BCUT2D eigenvalue weighted by Gasteiger charge is -2.18. The molecule has 4 aliphatic carbocycles. The van der Waals surface area contributed by atoms with Crippen molar-refractivity contribution in [2.75, 3.05) is 26.2 Å². The van der Waals surface area contributed by atoms with Crippen LogP contribution >= 0.6 is 0 Å². The Balaban J connectivity index is 0.756. The maximum absolute atomic E-state index is 14.2. The molecule has 5 aromatic carbocycles. The summed E-state index contributed by atoms with van der Waals surface area (Å²) in [7, 11) is 0. The summed E-state index contributed by atoms with van der Waals surface area (Å²) in [6.45, 7) is 0.331. The normalized spacial score (nSPS) is 29.6. The van der Waals surface area contributed by atoms with Gasteiger partial charge in [0.15, 0.2) is 0 Å². The fourth-order valence-corrected chi connectivity index (χ4v) is 11.0. The minimum Gasteiger partial charge on any atom is -0.352 e. The van der Waals surface area contributed by atoms with E-state index >= 15 is 0 Å². The molecule has 0 radical (unpaired) electrons. The van der Waals surface area contributed by atoms with E-state index in [-0.39, 0.29) is 109 Å². The number of hydrogen-bond donors (Lipinski definition) is 4. The molecule has 0 spiro atoms. The number of carbonyl (C=O) groups is 6. The van der Waals surface area contributed by atoms with Gasteiger partial charge < -0.3 is 31.1 Å². The van der Waals surface area contributed by atoms with E-state index in [1.165, 1.54) is 0 Å². The zero-order valence-electron chi connectivity index (χ0n) is 37.8. The van der Waals surface area contributed by atoms with Gasteiger partial charge in [-0.2, -0.15) is 0 Å². The number of nitrogens with one attached hydrogen (secondary N) is 4. The highest BCUT2D eigenvalue weighted by atomic mass is 16.2. The first kappa shape index (κ1) is 43.5. The van der Waals surface area contributed by atoms with Gasteiger partial charge in [-0.1, -0.05) is 121 Å². The van der Waals surface area contributed by atoms with Crippen LogP contribution in [0.25, 0.3) is 0 Å². The Labute approximate surface area is 396 Å². The summed E-state index contributed by atoms with van der Waals surface area (Å²) in [5.41, 5.74) is 5.30. The molecule has 0 aromatic heterocycles. The summed E-state index contributed by atoms with van der Waals surface area (Å²) in [6, 6.07) is 46.5. The summed E-state index contributed by atoms with van der Waals surface area (Å²) >= 11 is 0. The SMILES string of the molecule is O=C(N[C@@H]1C[C@H]1c1ccccc1)[C@H]1CN(C(=O)c2ccc(C(=O)N3C[C@H](C(=O)N[C@@H]4C[C@H]4c4ccccc4)[C@@H](C(=O)N[C@@H]4C[C@H]4c4ccccc4)C3)cc2)C[C@@H]1C(=O)N[C@@H]1C[C@H]1c1ccccc1. The highest BCUT2D eigenvalue weighted by molar-refractivity contribution is 6.00. The minimum absolute atomic E-state index is 0.0327. The molecular formula is C56H56N6O6. The molecule has 4 saturated carbocycles. The number of benzene rings is 5. The average Bonchev–Trinajstić information content (AvgIpc) is 4.31. The molecule has 5 aromatic rings. The molecule has 6 aliphatic rings. The van der Waals surface area contributed by atoms with Crippen molar-refractivity contribution in [3.63, 3.8) is 0 Å². The van der Waals surface area contributed by atoms with E-state index < -0.39 is 23.7 Å². The van der Waals surface area contributed by atoms with E-state index in [2.05, 4.69) is 69.8 Å². The van der Waals surface area contributed by atoms with Gasteiger partial charge in [-0.15, -0.1) is 0 Å². The molecule has 2 saturated heterocycles. The fourth-order valence-electron chi connectivity index (χ4n) is 11.0. The zero-order chi connectivity index (χ0) is 46.5. The summed E-state index contributed by atoms with van der Waals surface area (Å²) in [5.74, 6) is -3.68. The van der Waals surface area contributed by atoms with Gasteiger partial charge >= 0.3 is 0 Å². The lowest BCUT2D eigenvalue weighted by atomic mass is 9.94. The molecule has 2 heterocycles. The van der Waals surface area contributed by atoms with Gasteiger partial charge in [-0.25, -0.2) is 0 Å². The predicted molar refractivity (Wildman–Crippen MR) is 255 cm³/mol. The number of likely N-dealkylation sites (tertiary alicyclic amines) is 2. The van der Waals surface area contributed by atoms with Crippen LogP contribution in [0.4, 0.5) is 0 Å². The van der Waals surface area contributed by atoms with E-state index in [9.17, 15) is 28.8 Å². The molecule has 0 unspecified atom stereocenters. The smallest absolute Gasteiger partial charge is 0.253 e. The quantitative estimate of drug-likeness (QED) is 0.111. The van der Waals surface area contributed by atoms with Gasteiger partial charge in [0.25, 0.3) is 11.8 Å². The molecule has 68 heavy (non-hydrogen) atoms. The summed E-state index contributed by atoms with van der Waals surface area (Å²) in [5, 5.41) is 12.8. The second-order valence-electron chi connectivity index (χ2n) is 19.9. The van der Waals surface area contributed by atoms with Crippen molar-refractivity contribution < 1.29 is 28.8 Å². The Morgan fingerprint density at radius 1 is 0.324 bits per heavy atom. The van der Waals surface area contributed by atoms with Gasteiger partial charge in [0, 0.05) is 85.1 Å². The topological polar surface area (TPSA) is 157 Å². The van der Waals surface area contributed by atoms with Crippen LogP contribution in [0.3, 0.4) is 0 Å². The van der Waals surface area contributed by atoms with Crippen molar-refractivity contribution in [2.45, 2.75) is 73.5 Å². The van der Waals surface area contributed by atoms with E-state index in [1.807, 2.05) is 72.8 Å². The van der Waals surface area contributed by atoms with Crippen LogP contribution in [0.1, 0.15) is 92.3 Å². The van der Waals surface area contributed by atoms with E-state index in [1.54, 1.807) is 34.1 Å². The lowest BCUT2D eigenvalue weighted by molar-refractivity contribution is -0.133. The number of rotatable bonds is 14. The van der Waals surface area contributed by atoms with Gasteiger partial charge in [-0.05, 0) is 72.2 Å². The zero-order valence-corrected chi connectivity index (χ0v) is 37.8. The molecule has 0 bridgehead atoms. The Morgan fingerprint density at radius 3 is 0.765 bits per heavy atom. The van der Waals surface area contributed by atoms with E-state index in [0.717, 1.165) is 47.9 Å². The van der Waals surface area contributed by atoms with E-state index in [4.69, 9.17) is 0 Å². The second-order valence-corrected chi connectivity index (χ2v) is 19.9. The highest BCUT2D eigenvalue weighted by Gasteiger charge is 2.51. The maximum Gasteiger partial charge on any atom is 0.253 e. The van der Waals surface area contributed by atoms with Crippen LogP contribution in [0, 0.1) is 23.7 Å². The summed E-state index contributed by atoms with van der Waals surface area (Å²) < 4.78 is 0. The van der Waals surface area contributed by atoms with Crippen molar-refractivity contribution in [3.8, 4) is 0 Å². The Bertz CT molecular complexity index is 2370. The second kappa shape index (κ2) is 18.2. The van der Waals surface area contributed by atoms with Crippen molar-refractivity contribution in [1.82, 2.24) is 31.1 Å². The van der Waals surface area contributed by atoms with Crippen LogP contribution in [-0.4, -0.2) is 95.6 Å². The van der Waals surface area contributed by atoms with Gasteiger partial charge in [-0.3, -0.25) is 28.8 Å². The van der Waals surface area contributed by atoms with Crippen LogP contribution in [0.2, 0.25) is 0 Å². The third kappa shape index (κ3) is 9.16. The van der Waals surface area contributed by atoms with Crippen LogP contribution in [-0.2, 0) is 19.2 Å². The van der Waals surface area contributed by atoms with Crippen LogP contribution < -0.4 is 21.3 Å². The minimum atomic E-state index is -0.732. The first-order chi connectivity index (χ1) is 33.2. The van der Waals surface area contributed by atoms with Crippen LogP contribution in [0.15, 0.2) is 146 Å². The van der Waals surface area contributed by atoms with Gasteiger partial charge in [0.2, 0.25) is 23.6 Å². The molecule has 2 aliphatic heterocycles. The standard InChI is InChI=1S/C56H56N6O6/c63-51(57-47-25-39(47)33-13-5-1-6-14-33)43-29-61(30-44(43)52(64)58-48-26-40(48)34-15-7-2-8-16-34)55(67)37-21-23-38(24-22-37)56(68)62-31-45(53(65)59-49-27-41(49)35-17-9-3-10-18-35)46(32-62)54(66)60-50-28-42(50)36-19-11-4-12-20-36/h1-24,39-50H,25-32H2,(H,57,63)(H,58,64)(H,59,65)(H,60,66)/t39-,40-,41-,42-,43-,44-,45-,46-,47+,48+,49+,50+/m0/s1. The third-order valence-electron chi connectivity index (χ3n) is 15.3. The van der Waals surface area contributed by atoms with Gasteiger partial charge in [0.05, 0.1) is 23.7 Å². The molecule has 11 rings (SSSR count). The number of hydrogen-bond acceptors (Lipinski definition) is 6. The molecular weight excluding hydrogens is 853 g/mol. The fraction of sp³-hybridized carbons (Fsp3) is 0.357. The molecule has 6 amide bonds. The third-order valence-corrected chi connectivity index (χ3v) is 15.3. The van der Waals surface area contributed by atoms with Crippen molar-refractivity contribution >= 4 is 35.4 Å². The maximum atomic E-state index is 14.2. The number of amides is 6. The van der Waals surface area contributed by atoms with Crippen molar-refractivity contribution in [1.29, 1.82) is 0 Å². The number of carbonyl (C=O) groups excluding carboxylic acids is 6. The molecule has 4 N–H and O–H groups in total. The molecule has 12 heteroatoms. The molecule has 346 valence electrons. The first-order valence-electron chi connectivity index (χ1n) is 24.3. The number of nitrogens with zero attached hydrogens (tertiary/aromatic N) is 2. The van der Waals surface area contributed by atoms with Crippen molar-refractivity contribution in [2.24, 2.45) is 23.7 Å². The summed E-state index contributed by atoms with van der Waals surface area (Å²) in [6.07, 6.45) is 3.27. The molecule has 12 atom stereocenters. The van der Waals surface area contributed by atoms with Gasteiger partial charge in [0.1, 0.15) is 0 Å². The predicted octanol–water partition coefficient (Wildman–Crippen LogP) is 5.75. The Morgan fingerprint density at radius 2 is 0.544 bits per heavy atom. The van der Waals surface area contributed by atoms with E-state index in [0.29, 0.717) is 11.1 Å². The lowest BCUT2D eigenvalue weighted by Crippen LogP contribution is -2.43. The average molecular weight is 909 g/mol. The first-order valence-corrected chi connectivity index (χ1v) is 24.3.